The normalized spacial score (nSPS) is 14.0. The van der Waals surface area contributed by atoms with Crippen molar-refractivity contribution in [3.8, 4) is 6.07 Å². The molecule has 7 nitrogen and oxygen atoms in total. The van der Waals surface area contributed by atoms with Crippen molar-refractivity contribution in [3.05, 3.63) is 63.5 Å². The molecule has 0 radical (unpaired) electrons. The molecule has 0 aromatic heterocycles. The first-order valence-electron chi connectivity index (χ1n) is 8.39. The first-order chi connectivity index (χ1) is 12.9. The van der Waals surface area contributed by atoms with Gasteiger partial charge in [0.2, 0.25) is 0 Å². The van der Waals surface area contributed by atoms with Crippen LogP contribution in [0.25, 0.3) is 0 Å². The van der Waals surface area contributed by atoms with E-state index in [-0.39, 0.29) is 11.5 Å². The van der Waals surface area contributed by atoms with E-state index in [9.17, 15) is 19.3 Å². The van der Waals surface area contributed by atoms with Crippen molar-refractivity contribution in [2.75, 3.05) is 36.0 Å². The molecule has 2 aromatic carbocycles. The zero-order chi connectivity index (χ0) is 19.6. The monoisotopic (exact) mass is 368 g/mol. The number of nitro benzene ring substituents is 1. The highest BCUT2D eigenvalue weighted by Crippen LogP contribution is 2.31. The molecule has 1 fully saturated rings. The highest BCUT2D eigenvalue weighted by atomic mass is 19.1. The van der Waals surface area contributed by atoms with Crippen molar-refractivity contribution in [2.45, 2.75) is 6.92 Å². The van der Waals surface area contributed by atoms with E-state index in [1.807, 2.05) is 15.9 Å². The Morgan fingerprint density at radius 1 is 1.11 bits per heavy atom. The van der Waals surface area contributed by atoms with E-state index in [1.54, 1.807) is 12.1 Å². The first-order valence-corrected chi connectivity index (χ1v) is 8.39. The summed E-state index contributed by atoms with van der Waals surface area (Å²) >= 11 is 0. The first kappa shape index (κ1) is 18.3. The molecule has 8 heteroatoms. The molecule has 0 amide bonds. The average molecular weight is 368 g/mol. The Hall–Kier alpha value is -3.47. The number of anilines is 2. The standard InChI is InChI=1S/C19H17FN4O3/c1-13(25)15-3-5-17(16(20)11-15)22-6-8-23(9-7-22)19-10-14(12-21)2-4-18(19)24(26)27/h2-5,10-11H,6-9H2,1H3. The summed E-state index contributed by atoms with van der Waals surface area (Å²) in [7, 11) is 0. The number of hydrogen-bond acceptors (Lipinski definition) is 6. The van der Waals surface area contributed by atoms with Crippen LogP contribution in [0.1, 0.15) is 22.8 Å². The number of hydrogen-bond donors (Lipinski definition) is 0. The number of nitro groups is 1. The molecule has 0 bridgehead atoms. The summed E-state index contributed by atoms with van der Waals surface area (Å²) in [5, 5.41) is 20.4. The van der Waals surface area contributed by atoms with Crippen molar-refractivity contribution < 1.29 is 14.1 Å². The van der Waals surface area contributed by atoms with Gasteiger partial charge < -0.3 is 9.80 Å². The van der Waals surface area contributed by atoms with Crippen LogP contribution in [0.5, 0.6) is 0 Å². The van der Waals surface area contributed by atoms with Crippen molar-refractivity contribution in [1.82, 2.24) is 0 Å². The number of halogens is 1. The lowest BCUT2D eigenvalue weighted by molar-refractivity contribution is -0.384. The van der Waals surface area contributed by atoms with Crippen molar-refractivity contribution in [3.63, 3.8) is 0 Å². The fourth-order valence-corrected chi connectivity index (χ4v) is 3.17. The summed E-state index contributed by atoms with van der Waals surface area (Å²) in [6.07, 6.45) is 0. The second kappa shape index (κ2) is 7.41. The molecule has 0 N–H and O–H groups in total. The Bertz CT molecular complexity index is 946. The van der Waals surface area contributed by atoms with Crippen LogP contribution in [0.15, 0.2) is 36.4 Å². The van der Waals surface area contributed by atoms with Crippen LogP contribution >= 0.6 is 0 Å². The highest BCUT2D eigenvalue weighted by Gasteiger charge is 2.25. The maximum atomic E-state index is 14.4. The maximum absolute atomic E-state index is 14.4. The molecule has 1 aliphatic rings. The maximum Gasteiger partial charge on any atom is 0.292 e. The number of carbonyl (C=O) groups is 1. The van der Waals surface area contributed by atoms with Gasteiger partial charge in [-0.3, -0.25) is 14.9 Å². The molecule has 1 saturated heterocycles. The lowest BCUT2D eigenvalue weighted by Gasteiger charge is -2.37. The van der Waals surface area contributed by atoms with Crippen molar-refractivity contribution in [1.29, 1.82) is 5.26 Å². The summed E-state index contributed by atoms with van der Waals surface area (Å²) in [6.45, 7) is 3.21. The second-order valence-corrected chi connectivity index (χ2v) is 6.27. The number of piperazine rings is 1. The SMILES string of the molecule is CC(=O)c1ccc(N2CCN(c3cc(C#N)ccc3[N+](=O)[O-])CC2)c(F)c1. The van der Waals surface area contributed by atoms with Crippen molar-refractivity contribution >= 4 is 22.8 Å². The van der Waals surface area contributed by atoms with Crippen LogP contribution in [0, 0.1) is 27.3 Å². The average Bonchev–Trinajstić information content (AvgIpc) is 2.67. The Balaban J connectivity index is 1.79. The third-order valence-electron chi connectivity index (χ3n) is 4.62. The summed E-state index contributed by atoms with van der Waals surface area (Å²) in [6, 6.07) is 10.7. The molecule has 1 heterocycles. The van der Waals surface area contributed by atoms with Gasteiger partial charge in [-0.05, 0) is 37.3 Å². The summed E-state index contributed by atoms with van der Waals surface area (Å²) < 4.78 is 14.4. The van der Waals surface area contributed by atoms with Gasteiger partial charge >= 0.3 is 0 Å². The van der Waals surface area contributed by atoms with Gasteiger partial charge in [-0.15, -0.1) is 0 Å². The molecule has 27 heavy (non-hydrogen) atoms. The van der Waals surface area contributed by atoms with Gasteiger partial charge in [0.15, 0.2) is 5.78 Å². The van der Waals surface area contributed by atoms with Gasteiger partial charge in [-0.1, -0.05) is 0 Å². The third kappa shape index (κ3) is 3.72. The van der Waals surface area contributed by atoms with E-state index in [1.165, 1.54) is 31.2 Å². The third-order valence-corrected chi connectivity index (χ3v) is 4.62. The fourth-order valence-electron chi connectivity index (χ4n) is 3.17. The van der Waals surface area contributed by atoms with E-state index in [0.717, 1.165) is 0 Å². The van der Waals surface area contributed by atoms with E-state index in [2.05, 4.69) is 0 Å². The zero-order valence-electron chi connectivity index (χ0n) is 14.7. The lowest BCUT2D eigenvalue weighted by atomic mass is 10.1. The van der Waals surface area contributed by atoms with Crippen molar-refractivity contribution in [2.24, 2.45) is 0 Å². The number of nitrogens with zero attached hydrogens (tertiary/aromatic N) is 4. The molecular formula is C19H17FN4O3. The smallest absolute Gasteiger partial charge is 0.292 e. The molecule has 1 aliphatic heterocycles. The molecule has 138 valence electrons. The minimum Gasteiger partial charge on any atom is -0.366 e. The minimum absolute atomic E-state index is 0.0561. The van der Waals surface area contributed by atoms with Crippen LogP contribution in [-0.4, -0.2) is 36.9 Å². The predicted molar refractivity (Wildman–Crippen MR) is 98.6 cm³/mol. The molecule has 0 aliphatic carbocycles. The van der Waals surface area contributed by atoms with E-state index in [0.29, 0.717) is 48.7 Å². The van der Waals surface area contributed by atoms with E-state index in [4.69, 9.17) is 5.26 Å². The van der Waals surface area contributed by atoms with Gasteiger partial charge in [0, 0.05) is 37.8 Å². The summed E-state index contributed by atoms with van der Waals surface area (Å²) in [4.78, 5) is 25.9. The molecule has 0 spiro atoms. The number of ketones is 1. The second-order valence-electron chi connectivity index (χ2n) is 6.27. The fraction of sp³-hybridized carbons (Fsp3) is 0.263. The number of benzene rings is 2. The molecule has 0 unspecified atom stereocenters. The Morgan fingerprint density at radius 3 is 2.26 bits per heavy atom. The predicted octanol–water partition coefficient (Wildman–Crippen LogP) is 3.13. The largest absolute Gasteiger partial charge is 0.366 e. The summed E-state index contributed by atoms with van der Waals surface area (Å²) in [5.74, 6) is -0.663. The molecule has 2 aromatic rings. The number of nitriles is 1. The van der Waals surface area contributed by atoms with Crippen LogP contribution in [0.2, 0.25) is 0 Å². The minimum atomic E-state index is -0.469. The van der Waals surface area contributed by atoms with Gasteiger partial charge in [0.25, 0.3) is 5.69 Å². The quantitative estimate of drug-likeness (QED) is 0.468. The van der Waals surface area contributed by atoms with E-state index < -0.39 is 10.7 Å². The van der Waals surface area contributed by atoms with Gasteiger partial charge in [-0.2, -0.15) is 5.26 Å². The van der Waals surface area contributed by atoms with Crippen LogP contribution in [0.4, 0.5) is 21.5 Å². The number of carbonyl (C=O) groups excluding carboxylic acids is 1. The molecule has 0 atom stereocenters. The molecular weight excluding hydrogens is 351 g/mol. The highest BCUT2D eigenvalue weighted by molar-refractivity contribution is 5.94. The topological polar surface area (TPSA) is 90.5 Å². The number of rotatable bonds is 4. The van der Waals surface area contributed by atoms with Gasteiger partial charge in [0.05, 0.1) is 22.2 Å². The van der Waals surface area contributed by atoms with Gasteiger partial charge in [0.1, 0.15) is 11.5 Å². The number of Topliss-reactive ketones (excluding diaryl/α,β-unsaturated/α-hetero) is 1. The Kier molecular flexibility index (Phi) is 5.03. The van der Waals surface area contributed by atoms with E-state index >= 15 is 0 Å². The van der Waals surface area contributed by atoms with Crippen LogP contribution in [0.3, 0.4) is 0 Å². The Morgan fingerprint density at radius 2 is 1.74 bits per heavy atom. The lowest BCUT2D eigenvalue weighted by Crippen LogP contribution is -2.47. The molecule has 3 rings (SSSR count). The van der Waals surface area contributed by atoms with Gasteiger partial charge in [-0.25, -0.2) is 4.39 Å². The zero-order valence-corrected chi connectivity index (χ0v) is 14.7. The van der Waals surface area contributed by atoms with Crippen LogP contribution < -0.4 is 9.80 Å². The Labute approximate surface area is 155 Å². The summed E-state index contributed by atoms with van der Waals surface area (Å²) in [5.41, 5.74) is 1.41. The van der Waals surface area contributed by atoms with Crippen LogP contribution in [-0.2, 0) is 0 Å². The molecule has 0 saturated carbocycles.